The summed E-state index contributed by atoms with van der Waals surface area (Å²) in [7, 11) is 0. The van der Waals surface area contributed by atoms with Gasteiger partial charge in [0.15, 0.2) is 0 Å². The number of hydrogen-bond donors (Lipinski definition) is 2. The molecule has 3 heterocycles. The molecule has 2 fully saturated rings. The second-order valence-corrected chi connectivity index (χ2v) is 6.52. The van der Waals surface area contributed by atoms with Gasteiger partial charge in [0.1, 0.15) is 0 Å². The zero-order chi connectivity index (χ0) is 17.9. The van der Waals surface area contributed by atoms with Crippen LogP contribution in [0.25, 0.3) is 11.3 Å². The van der Waals surface area contributed by atoms with E-state index in [0.717, 1.165) is 0 Å². The SMILES string of the molecule is Nc1ncc(-c2nc(N3CCOCC3)ncc2C(=O)NCC2CC2)cn1. The van der Waals surface area contributed by atoms with Crippen molar-refractivity contribution in [2.24, 2.45) is 5.92 Å². The van der Waals surface area contributed by atoms with E-state index in [-0.39, 0.29) is 11.9 Å². The molecule has 26 heavy (non-hydrogen) atoms. The maximum Gasteiger partial charge on any atom is 0.255 e. The molecule has 1 amide bonds. The van der Waals surface area contributed by atoms with Crippen LogP contribution in [0.5, 0.6) is 0 Å². The smallest absolute Gasteiger partial charge is 0.255 e. The van der Waals surface area contributed by atoms with Gasteiger partial charge in [-0.3, -0.25) is 4.79 Å². The first-order valence-corrected chi connectivity index (χ1v) is 8.76. The van der Waals surface area contributed by atoms with Crippen LogP contribution in [0.4, 0.5) is 11.9 Å². The minimum atomic E-state index is -0.183. The van der Waals surface area contributed by atoms with Crippen LogP contribution in [0.1, 0.15) is 23.2 Å². The molecule has 1 saturated carbocycles. The van der Waals surface area contributed by atoms with Crippen LogP contribution in [0.2, 0.25) is 0 Å². The lowest BCUT2D eigenvalue weighted by atomic mass is 10.1. The number of rotatable bonds is 5. The molecule has 1 aliphatic heterocycles. The van der Waals surface area contributed by atoms with Crippen LogP contribution in [0.3, 0.4) is 0 Å². The summed E-state index contributed by atoms with van der Waals surface area (Å²) in [4.78, 5) is 31.8. The van der Waals surface area contributed by atoms with Crippen molar-refractivity contribution in [1.82, 2.24) is 25.3 Å². The summed E-state index contributed by atoms with van der Waals surface area (Å²) in [6.45, 7) is 3.37. The quantitative estimate of drug-likeness (QED) is 0.795. The fourth-order valence-corrected chi connectivity index (χ4v) is 2.79. The van der Waals surface area contributed by atoms with E-state index < -0.39 is 0 Å². The van der Waals surface area contributed by atoms with Crippen molar-refractivity contribution in [3.63, 3.8) is 0 Å². The lowest BCUT2D eigenvalue weighted by molar-refractivity contribution is 0.0951. The van der Waals surface area contributed by atoms with Gasteiger partial charge in [0.25, 0.3) is 5.91 Å². The average molecular weight is 355 g/mol. The number of carbonyl (C=O) groups excluding carboxylic acids is 1. The van der Waals surface area contributed by atoms with Gasteiger partial charge in [-0.05, 0) is 18.8 Å². The molecule has 0 unspecified atom stereocenters. The molecule has 1 aliphatic carbocycles. The molecule has 9 heteroatoms. The van der Waals surface area contributed by atoms with E-state index in [4.69, 9.17) is 10.5 Å². The second kappa shape index (κ2) is 7.20. The first kappa shape index (κ1) is 16.6. The Hall–Kier alpha value is -2.81. The van der Waals surface area contributed by atoms with E-state index in [9.17, 15) is 4.79 Å². The number of hydrogen-bond acceptors (Lipinski definition) is 8. The number of nitrogens with one attached hydrogen (secondary N) is 1. The summed E-state index contributed by atoms with van der Waals surface area (Å²) in [6, 6.07) is 0. The Labute approximate surface area is 151 Å². The fraction of sp³-hybridized carbons (Fsp3) is 0.471. The van der Waals surface area contributed by atoms with Crippen LogP contribution in [-0.2, 0) is 4.74 Å². The summed E-state index contributed by atoms with van der Waals surface area (Å²) in [5, 5.41) is 2.96. The third-order valence-electron chi connectivity index (χ3n) is 4.51. The summed E-state index contributed by atoms with van der Waals surface area (Å²) in [6.07, 6.45) is 7.07. The molecule has 0 spiro atoms. The summed E-state index contributed by atoms with van der Waals surface area (Å²) in [5.41, 5.74) is 7.14. The Kier molecular flexibility index (Phi) is 4.61. The van der Waals surface area contributed by atoms with Crippen molar-refractivity contribution in [3.05, 3.63) is 24.2 Å². The molecule has 2 aromatic rings. The van der Waals surface area contributed by atoms with Crippen LogP contribution in [0.15, 0.2) is 18.6 Å². The number of nitrogens with zero attached hydrogens (tertiary/aromatic N) is 5. The first-order valence-electron chi connectivity index (χ1n) is 8.76. The first-order chi connectivity index (χ1) is 12.7. The number of morpholine rings is 1. The zero-order valence-electron chi connectivity index (χ0n) is 14.4. The highest BCUT2D eigenvalue weighted by Gasteiger charge is 2.24. The molecule has 2 aromatic heterocycles. The van der Waals surface area contributed by atoms with Gasteiger partial charge in [-0.1, -0.05) is 0 Å². The van der Waals surface area contributed by atoms with E-state index in [1.54, 1.807) is 18.6 Å². The highest BCUT2D eigenvalue weighted by atomic mass is 16.5. The van der Waals surface area contributed by atoms with Gasteiger partial charge in [-0.25, -0.2) is 19.9 Å². The Bertz CT molecular complexity index is 786. The average Bonchev–Trinajstić information content (AvgIpc) is 3.51. The molecule has 4 rings (SSSR count). The van der Waals surface area contributed by atoms with Crippen molar-refractivity contribution in [1.29, 1.82) is 0 Å². The number of amides is 1. The maximum absolute atomic E-state index is 12.6. The molecule has 0 bridgehead atoms. The van der Waals surface area contributed by atoms with Crippen molar-refractivity contribution in [2.75, 3.05) is 43.5 Å². The zero-order valence-corrected chi connectivity index (χ0v) is 14.4. The fourth-order valence-electron chi connectivity index (χ4n) is 2.79. The Balaban J connectivity index is 1.66. The van der Waals surface area contributed by atoms with Crippen LogP contribution in [0, 0.1) is 5.92 Å². The Morgan fingerprint density at radius 2 is 1.92 bits per heavy atom. The number of nitrogen functional groups attached to an aromatic ring is 1. The van der Waals surface area contributed by atoms with E-state index >= 15 is 0 Å². The molecule has 9 nitrogen and oxygen atoms in total. The van der Waals surface area contributed by atoms with E-state index in [1.807, 2.05) is 4.90 Å². The Morgan fingerprint density at radius 3 is 2.62 bits per heavy atom. The minimum absolute atomic E-state index is 0.177. The molecule has 0 aromatic carbocycles. The Morgan fingerprint density at radius 1 is 1.19 bits per heavy atom. The molecular weight excluding hydrogens is 334 g/mol. The largest absolute Gasteiger partial charge is 0.378 e. The van der Waals surface area contributed by atoms with Crippen molar-refractivity contribution >= 4 is 17.8 Å². The highest BCUT2D eigenvalue weighted by Crippen LogP contribution is 2.28. The summed E-state index contributed by atoms with van der Waals surface area (Å²) in [5.74, 6) is 1.16. The third kappa shape index (κ3) is 3.72. The van der Waals surface area contributed by atoms with E-state index in [2.05, 4.69) is 25.3 Å². The van der Waals surface area contributed by atoms with Gasteiger partial charge in [0, 0.05) is 43.8 Å². The van der Waals surface area contributed by atoms with Gasteiger partial charge in [0.2, 0.25) is 11.9 Å². The molecule has 3 N–H and O–H groups in total. The summed E-state index contributed by atoms with van der Waals surface area (Å²) < 4.78 is 5.38. The predicted octanol–water partition coefficient (Wildman–Crippen LogP) is 0.492. The van der Waals surface area contributed by atoms with E-state index in [1.165, 1.54) is 12.8 Å². The van der Waals surface area contributed by atoms with Crippen LogP contribution < -0.4 is 16.0 Å². The number of aromatic nitrogens is 4. The lowest BCUT2D eigenvalue weighted by Gasteiger charge is -2.27. The molecular formula is C17H21N7O2. The van der Waals surface area contributed by atoms with Crippen molar-refractivity contribution in [2.45, 2.75) is 12.8 Å². The van der Waals surface area contributed by atoms with Crippen molar-refractivity contribution in [3.8, 4) is 11.3 Å². The monoisotopic (exact) mass is 355 g/mol. The number of carbonyl (C=O) groups is 1. The standard InChI is InChI=1S/C17H21N7O2/c18-16-20-8-12(9-21-16)14-13(15(25)19-7-11-1-2-11)10-22-17(23-14)24-3-5-26-6-4-24/h8-11H,1-7H2,(H,19,25)(H2,18,20,21). The van der Waals surface area contributed by atoms with Gasteiger partial charge >= 0.3 is 0 Å². The van der Waals surface area contributed by atoms with Crippen LogP contribution in [-0.4, -0.2) is 58.7 Å². The number of anilines is 2. The molecule has 0 atom stereocenters. The molecule has 136 valence electrons. The van der Waals surface area contributed by atoms with Gasteiger partial charge in [0.05, 0.1) is 24.5 Å². The predicted molar refractivity (Wildman–Crippen MR) is 95.6 cm³/mol. The number of ether oxygens (including phenoxy) is 1. The summed E-state index contributed by atoms with van der Waals surface area (Å²) >= 11 is 0. The second-order valence-electron chi connectivity index (χ2n) is 6.52. The van der Waals surface area contributed by atoms with E-state index in [0.29, 0.717) is 61.5 Å². The molecule has 0 radical (unpaired) electrons. The van der Waals surface area contributed by atoms with Gasteiger partial charge < -0.3 is 20.7 Å². The maximum atomic E-state index is 12.6. The van der Waals surface area contributed by atoms with Gasteiger partial charge in [-0.2, -0.15) is 0 Å². The third-order valence-corrected chi connectivity index (χ3v) is 4.51. The topological polar surface area (TPSA) is 119 Å². The highest BCUT2D eigenvalue weighted by molar-refractivity contribution is 5.99. The lowest BCUT2D eigenvalue weighted by Crippen LogP contribution is -2.37. The normalized spacial score (nSPS) is 17.2. The molecule has 2 aliphatic rings. The minimum Gasteiger partial charge on any atom is -0.378 e. The molecule has 1 saturated heterocycles. The van der Waals surface area contributed by atoms with Crippen LogP contribution >= 0.6 is 0 Å². The number of nitrogens with two attached hydrogens (primary N) is 1. The van der Waals surface area contributed by atoms with Gasteiger partial charge in [-0.15, -0.1) is 0 Å². The van der Waals surface area contributed by atoms with Crippen molar-refractivity contribution < 1.29 is 9.53 Å².